The third-order valence-electron chi connectivity index (χ3n) is 2.87. The molecule has 0 fully saturated rings. The first-order valence-corrected chi connectivity index (χ1v) is 6.26. The summed E-state index contributed by atoms with van der Waals surface area (Å²) in [5.74, 6) is -1.29. The normalized spacial score (nSPS) is 10.6. The summed E-state index contributed by atoms with van der Waals surface area (Å²) >= 11 is 0. The number of hydrogen-bond donors (Lipinski definition) is 2. The van der Waals surface area contributed by atoms with Gasteiger partial charge in [-0.3, -0.25) is 9.59 Å². The van der Waals surface area contributed by atoms with E-state index in [2.05, 4.69) is 0 Å². The highest BCUT2D eigenvalue weighted by atomic mass is 16.4. The number of phenols is 1. The molecule has 1 rings (SSSR count). The number of carboxylic acids is 1. The lowest BCUT2D eigenvalue weighted by Gasteiger charge is -2.23. The maximum atomic E-state index is 12.3. The van der Waals surface area contributed by atoms with E-state index in [1.54, 1.807) is 13.0 Å². The smallest absolute Gasteiger partial charge is 0.323 e. The lowest BCUT2D eigenvalue weighted by atomic mass is 10.1. The summed E-state index contributed by atoms with van der Waals surface area (Å²) in [6.45, 7) is 2.26. The van der Waals surface area contributed by atoms with Gasteiger partial charge in [-0.05, 0) is 44.8 Å². The highest BCUT2D eigenvalue weighted by Gasteiger charge is 2.19. The SMILES string of the molecule is Cc1cc(C(=O)N(CCN(C)C)CC(=O)O)ccc1O. The van der Waals surface area contributed by atoms with Gasteiger partial charge in [0, 0.05) is 18.7 Å². The molecule has 20 heavy (non-hydrogen) atoms. The van der Waals surface area contributed by atoms with Crippen LogP contribution in [0.5, 0.6) is 5.75 Å². The van der Waals surface area contributed by atoms with E-state index in [0.29, 0.717) is 24.2 Å². The number of hydrogen-bond acceptors (Lipinski definition) is 4. The Kier molecular flexibility index (Phi) is 5.52. The maximum Gasteiger partial charge on any atom is 0.323 e. The van der Waals surface area contributed by atoms with Crippen molar-refractivity contribution in [2.24, 2.45) is 0 Å². The number of aromatic hydroxyl groups is 1. The van der Waals surface area contributed by atoms with Crippen LogP contribution in [0.3, 0.4) is 0 Å². The van der Waals surface area contributed by atoms with Crippen LogP contribution in [0.15, 0.2) is 18.2 Å². The second-order valence-corrected chi connectivity index (χ2v) is 4.92. The number of rotatable bonds is 6. The maximum absolute atomic E-state index is 12.3. The Morgan fingerprint density at radius 2 is 1.85 bits per heavy atom. The van der Waals surface area contributed by atoms with E-state index in [1.165, 1.54) is 17.0 Å². The molecule has 0 saturated carbocycles. The Bertz CT molecular complexity index is 500. The number of phenolic OH excluding ortho intramolecular Hbond substituents is 1. The van der Waals surface area contributed by atoms with Gasteiger partial charge in [-0.1, -0.05) is 0 Å². The fourth-order valence-corrected chi connectivity index (χ4v) is 1.71. The molecule has 0 atom stereocenters. The number of aryl methyl sites for hydroxylation is 1. The first-order chi connectivity index (χ1) is 9.31. The predicted molar refractivity (Wildman–Crippen MR) is 74.9 cm³/mol. The fraction of sp³-hybridized carbons (Fsp3) is 0.429. The Morgan fingerprint density at radius 1 is 1.20 bits per heavy atom. The quantitative estimate of drug-likeness (QED) is 0.805. The molecule has 1 aromatic rings. The second kappa shape index (κ2) is 6.91. The van der Waals surface area contributed by atoms with Gasteiger partial charge in [-0.25, -0.2) is 0 Å². The minimum absolute atomic E-state index is 0.111. The first kappa shape index (κ1) is 16.0. The first-order valence-electron chi connectivity index (χ1n) is 6.26. The molecule has 0 radical (unpaired) electrons. The molecule has 0 heterocycles. The Morgan fingerprint density at radius 3 is 2.35 bits per heavy atom. The monoisotopic (exact) mass is 280 g/mol. The van der Waals surface area contributed by atoms with Crippen LogP contribution >= 0.6 is 0 Å². The van der Waals surface area contributed by atoms with Crippen molar-refractivity contribution in [1.29, 1.82) is 0 Å². The van der Waals surface area contributed by atoms with Crippen molar-refractivity contribution >= 4 is 11.9 Å². The molecular formula is C14H20N2O4. The summed E-state index contributed by atoms with van der Waals surface area (Å²) in [7, 11) is 3.71. The molecular weight excluding hydrogens is 260 g/mol. The van der Waals surface area contributed by atoms with Gasteiger partial charge in [0.25, 0.3) is 5.91 Å². The van der Waals surface area contributed by atoms with Crippen molar-refractivity contribution < 1.29 is 19.8 Å². The van der Waals surface area contributed by atoms with E-state index in [1.807, 2.05) is 19.0 Å². The van der Waals surface area contributed by atoms with E-state index >= 15 is 0 Å². The van der Waals surface area contributed by atoms with Crippen molar-refractivity contribution in [1.82, 2.24) is 9.80 Å². The average Bonchev–Trinajstić information content (AvgIpc) is 2.36. The number of likely N-dealkylation sites (N-methyl/N-ethyl adjacent to an activating group) is 1. The van der Waals surface area contributed by atoms with Crippen LogP contribution in [0.2, 0.25) is 0 Å². The lowest BCUT2D eigenvalue weighted by Crippen LogP contribution is -2.40. The highest BCUT2D eigenvalue weighted by molar-refractivity contribution is 5.96. The molecule has 0 unspecified atom stereocenters. The molecule has 1 aromatic carbocycles. The number of amides is 1. The van der Waals surface area contributed by atoms with Crippen LogP contribution in [0.1, 0.15) is 15.9 Å². The summed E-state index contributed by atoms with van der Waals surface area (Å²) in [4.78, 5) is 26.3. The number of carbonyl (C=O) groups excluding carboxylic acids is 1. The van der Waals surface area contributed by atoms with Crippen molar-refractivity contribution in [2.45, 2.75) is 6.92 Å². The molecule has 0 aliphatic rings. The van der Waals surface area contributed by atoms with Gasteiger partial charge in [0.2, 0.25) is 0 Å². The molecule has 1 amide bonds. The van der Waals surface area contributed by atoms with Crippen LogP contribution in [-0.4, -0.2) is 65.6 Å². The van der Waals surface area contributed by atoms with Gasteiger partial charge >= 0.3 is 5.97 Å². The Hall–Kier alpha value is -2.08. The minimum Gasteiger partial charge on any atom is -0.508 e. The summed E-state index contributed by atoms with van der Waals surface area (Å²) < 4.78 is 0. The third kappa shape index (κ3) is 4.55. The molecule has 0 aliphatic heterocycles. The number of benzene rings is 1. The Balaban J connectivity index is 2.90. The van der Waals surface area contributed by atoms with Crippen LogP contribution in [0.4, 0.5) is 0 Å². The second-order valence-electron chi connectivity index (χ2n) is 4.92. The zero-order chi connectivity index (χ0) is 15.3. The van der Waals surface area contributed by atoms with Crippen molar-refractivity contribution in [2.75, 3.05) is 33.7 Å². The molecule has 110 valence electrons. The summed E-state index contributed by atoms with van der Waals surface area (Å²) in [5.41, 5.74) is 0.957. The molecule has 0 aromatic heterocycles. The largest absolute Gasteiger partial charge is 0.508 e. The molecule has 0 aliphatic carbocycles. The van der Waals surface area contributed by atoms with E-state index in [0.717, 1.165) is 0 Å². The topological polar surface area (TPSA) is 81.1 Å². The fourth-order valence-electron chi connectivity index (χ4n) is 1.71. The van der Waals surface area contributed by atoms with Gasteiger partial charge in [-0.15, -0.1) is 0 Å². The third-order valence-corrected chi connectivity index (χ3v) is 2.87. The van der Waals surface area contributed by atoms with E-state index in [4.69, 9.17) is 5.11 Å². The Labute approximate surface area is 118 Å². The number of carbonyl (C=O) groups is 2. The number of carboxylic acid groups (broad SMARTS) is 1. The zero-order valence-corrected chi connectivity index (χ0v) is 12.0. The number of nitrogens with zero attached hydrogens (tertiary/aromatic N) is 2. The zero-order valence-electron chi connectivity index (χ0n) is 12.0. The van der Waals surface area contributed by atoms with Crippen molar-refractivity contribution in [3.63, 3.8) is 0 Å². The van der Waals surface area contributed by atoms with Gasteiger partial charge in [0.1, 0.15) is 12.3 Å². The molecule has 6 nitrogen and oxygen atoms in total. The van der Waals surface area contributed by atoms with Crippen molar-refractivity contribution in [3.8, 4) is 5.75 Å². The van der Waals surface area contributed by atoms with Crippen LogP contribution in [0, 0.1) is 6.92 Å². The highest BCUT2D eigenvalue weighted by Crippen LogP contribution is 2.18. The molecule has 2 N–H and O–H groups in total. The molecule has 0 spiro atoms. The molecule has 0 bridgehead atoms. The molecule has 0 saturated heterocycles. The minimum atomic E-state index is -1.05. The van der Waals surface area contributed by atoms with Crippen molar-refractivity contribution in [3.05, 3.63) is 29.3 Å². The average molecular weight is 280 g/mol. The summed E-state index contributed by atoms with van der Waals surface area (Å²) in [6.07, 6.45) is 0. The van der Waals surface area contributed by atoms with E-state index in [-0.39, 0.29) is 18.2 Å². The number of aliphatic carboxylic acids is 1. The van der Waals surface area contributed by atoms with Gasteiger partial charge in [0.05, 0.1) is 0 Å². The van der Waals surface area contributed by atoms with E-state index in [9.17, 15) is 14.7 Å². The van der Waals surface area contributed by atoms with Crippen LogP contribution in [-0.2, 0) is 4.79 Å². The standard InChI is InChI=1S/C14H20N2O4/c1-10-8-11(4-5-12(10)17)14(20)16(9-13(18)19)7-6-15(2)3/h4-5,8,17H,6-7,9H2,1-3H3,(H,18,19). The van der Waals surface area contributed by atoms with Crippen LogP contribution < -0.4 is 0 Å². The molecule has 6 heteroatoms. The summed E-state index contributed by atoms with van der Waals surface area (Å²) in [5, 5.41) is 18.4. The van der Waals surface area contributed by atoms with Gasteiger partial charge < -0.3 is 20.0 Å². The predicted octanol–water partition coefficient (Wildman–Crippen LogP) is 0.789. The van der Waals surface area contributed by atoms with Gasteiger partial charge in [-0.2, -0.15) is 0 Å². The van der Waals surface area contributed by atoms with E-state index < -0.39 is 5.97 Å². The summed E-state index contributed by atoms with van der Waals surface area (Å²) in [6, 6.07) is 4.49. The lowest BCUT2D eigenvalue weighted by molar-refractivity contribution is -0.137. The van der Waals surface area contributed by atoms with Crippen LogP contribution in [0.25, 0.3) is 0 Å². The van der Waals surface area contributed by atoms with Gasteiger partial charge in [0.15, 0.2) is 0 Å².